The highest BCUT2D eigenvalue weighted by atomic mass is 16.3. The van der Waals surface area contributed by atoms with Gasteiger partial charge < -0.3 is 10.4 Å². The number of carbonyl (C=O) groups excluding carboxylic acids is 1. The van der Waals surface area contributed by atoms with Crippen LogP contribution in [0.4, 0.5) is 5.69 Å². The van der Waals surface area contributed by atoms with Crippen LogP contribution < -0.4 is 10.7 Å². The van der Waals surface area contributed by atoms with Gasteiger partial charge in [0.05, 0.1) is 6.21 Å². The summed E-state index contributed by atoms with van der Waals surface area (Å²) in [6, 6.07) is 20.2. The standard InChI is InChI=1S/C20H19N3O2/c1-14(20(25)23-21-13-15-6-10-19(24)11-7-15)22-18-9-8-16-4-2-3-5-17(16)12-18/h2-14,22,24H,1H3,(H,23,25)/b21-13+/t14-/m0/s1. The number of nitrogens with zero attached hydrogens (tertiary/aromatic N) is 1. The number of fused-ring (bicyclic) bond motifs is 1. The van der Waals surface area contributed by atoms with E-state index in [-0.39, 0.29) is 11.7 Å². The van der Waals surface area contributed by atoms with E-state index >= 15 is 0 Å². The Hall–Kier alpha value is -3.34. The first-order valence-corrected chi connectivity index (χ1v) is 7.99. The third-order valence-electron chi connectivity index (χ3n) is 3.81. The van der Waals surface area contributed by atoms with Crippen molar-refractivity contribution in [1.29, 1.82) is 0 Å². The van der Waals surface area contributed by atoms with Gasteiger partial charge in [-0.25, -0.2) is 5.43 Å². The number of aromatic hydroxyl groups is 1. The first-order valence-electron chi connectivity index (χ1n) is 7.99. The topological polar surface area (TPSA) is 73.7 Å². The lowest BCUT2D eigenvalue weighted by Gasteiger charge is -2.14. The Balaban J connectivity index is 1.58. The molecule has 25 heavy (non-hydrogen) atoms. The highest BCUT2D eigenvalue weighted by molar-refractivity contribution is 5.89. The summed E-state index contributed by atoms with van der Waals surface area (Å²) >= 11 is 0. The maximum Gasteiger partial charge on any atom is 0.262 e. The quantitative estimate of drug-likeness (QED) is 0.494. The summed E-state index contributed by atoms with van der Waals surface area (Å²) in [6.07, 6.45) is 1.53. The fourth-order valence-corrected chi connectivity index (χ4v) is 2.42. The van der Waals surface area contributed by atoms with Crippen molar-refractivity contribution < 1.29 is 9.90 Å². The van der Waals surface area contributed by atoms with Crippen LogP contribution in [-0.2, 0) is 4.79 Å². The Kier molecular flexibility index (Phi) is 4.95. The summed E-state index contributed by atoms with van der Waals surface area (Å²) < 4.78 is 0. The second-order valence-electron chi connectivity index (χ2n) is 5.75. The number of carbonyl (C=O) groups is 1. The molecule has 0 heterocycles. The molecule has 1 atom stereocenters. The lowest BCUT2D eigenvalue weighted by Crippen LogP contribution is -2.34. The summed E-state index contributed by atoms with van der Waals surface area (Å²) in [5.41, 5.74) is 4.17. The molecule has 0 saturated heterocycles. The number of phenols is 1. The lowest BCUT2D eigenvalue weighted by molar-refractivity contribution is -0.121. The van der Waals surface area contributed by atoms with Crippen LogP contribution in [0.2, 0.25) is 0 Å². The number of hydrogen-bond acceptors (Lipinski definition) is 4. The predicted molar refractivity (Wildman–Crippen MR) is 101 cm³/mol. The normalized spacial score (nSPS) is 12.2. The van der Waals surface area contributed by atoms with E-state index in [0.717, 1.165) is 22.0 Å². The number of rotatable bonds is 5. The molecule has 0 aliphatic rings. The van der Waals surface area contributed by atoms with E-state index in [1.807, 2.05) is 42.5 Å². The largest absolute Gasteiger partial charge is 0.508 e. The molecule has 0 fully saturated rings. The Labute approximate surface area is 146 Å². The Morgan fingerprint density at radius 1 is 1.04 bits per heavy atom. The van der Waals surface area contributed by atoms with Crippen molar-refractivity contribution in [3.8, 4) is 5.75 Å². The second-order valence-corrected chi connectivity index (χ2v) is 5.75. The molecule has 1 amide bonds. The van der Waals surface area contributed by atoms with Gasteiger partial charge in [0.15, 0.2) is 0 Å². The van der Waals surface area contributed by atoms with E-state index in [9.17, 15) is 9.90 Å². The van der Waals surface area contributed by atoms with Crippen molar-refractivity contribution in [1.82, 2.24) is 5.43 Å². The molecule has 0 aromatic heterocycles. The van der Waals surface area contributed by atoms with Gasteiger partial charge in [-0.3, -0.25) is 4.79 Å². The van der Waals surface area contributed by atoms with Gasteiger partial charge in [-0.2, -0.15) is 5.10 Å². The molecule has 0 bridgehead atoms. The number of hydrogen-bond donors (Lipinski definition) is 3. The molecule has 3 aromatic rings. The minimum atomic E-state index is -0.432. The summed E-state index contributed by atoms with van der Waals surface area (Å²) in [4.78, 5) is 12.1. The van der Waals surface area contributed by atoms with Crippen molar-refractivity contribution in [2.24, 2.45) is 5.10 Å². The first kappa shape index (κ1) is 16.5. The van der Waals surface area contributed by atoms with Gasteiger partial charge in [-0.15, -0.1) is 0 Å². The number of benzene rings is 3. The van der Waals surface area contributed by atoms with Crippen molar-refractivity contribution in [2.75, 3.05) is 5.32 Å². The summed E-state index contributed by atoms with van der Waals surface area (Å²) in [6.45, 7) is 1.78. The number of hydrazone groups is 1. The molecule has 0 aliphatic heterocycles. The Morgan fingerprint density at radius 2 is 1.76 bits per heavy atom. The summed E-state index contributed by atoms with van der Waals surface area (Å²) in [7, 11) is 0. The average Bonchev–Trinajstić information content (AvgIpc) is 2.63. The fraction of sp³-hybridized carbons (Fsp3) is 0.100. The van der Waals surface area contributed by atoms with Crippen molar-refractivity contribution >= 4 is 28.6 Å². The molecule has 5 heteroatoms. The molecule has 0 unspecified atom stereocenters. The zero-order chi connectivity index (χ0) is 17.6. The van der Waals surface area contributed by atoms with E-state index in [2.05, 4.69) is 15.8 Å². The molecule has 0 aliphatic carbocycles. The van der Waals surface area contributed by atoms with E-state index in [0.29, 0.717) is 0 Å². The van der Waals surface area contributed by atoms with Crippen molar-refractivity contribution in [2.45, 2.75) is 13.0 Å². The van der Waals surface area contributed by atoms with Gasteiger partial charge in [-0.1, -0.05) is 30.3 Å². The number of nitrogens with one attached hydrogen (secondary N) is 2. The zero-order valence-corrected chi connectivity index (χ0v) is 13.8. The molecule has 0 spiro atoms. The second kappa shape index (κ2) is 7.49. The van der Waals surface area contributed by atoms with Gasteiger partial charge in [0, 0.05) is 5.69 Å². The third kappa shape index (κ3) is 4.35. The maximum absolute atomic E-state index is 12.1. The minimum Gasteiger partial charge on any atom is -0.508 e. The number of phenolic OH excluding ortho intramolecular Hbond substituents is 1. The number of amides is 1. The van der Waals surface area contributed by atoms with Gasteiger partial charge >= 0.3 is 0 Å². The third-order valence-corrected chi connectivity index (χ3v) is 3.81. The van der Waals surface area contributed by atoms with Crippen LogP contribution in [0.25, 0.3) is 10.8 Å². The van der Waals surface area contributed by atoms with Crippen molar-refractivity contribution in [3.63, 3.8) is 0 Å². The summed E-state index contributed by atoms with van der Waals surface area (Å²) in [5, 5.41) is 18.6. The summed E-state index contributed by atoms with van der Waals surface area (Å²) in [5.74, 6) is -0.0439. The maximum atomic E-state index is 12.1. The van der Waals surface area contributed by atoms with Crippen molar-refractivity contribution in [3.05, 3.63) is 72.3 Å². The van der Waals surface area contributed by atoms with Crippen LogP contribution in [0.1, 0.15) is 12.5 Å². The highest BCUT2D eigenvalue weighted by Gasteiger charge is 2.11. The molecule has 3 N–H and O–H groups in total. The lowest BCUT2D eigenvalue weighted by atomic mass is 10.1. The van der Waals surface area contributed by atoms with Crippen LogP contribution in [0.3, 0.4) is 0 Å². The fourth-order valence-electron chi connectivity index (χ4n) is 2.42. The highest BCUT2D eigenvalue weighted by Crippen LogP contribution is 2.19. The SMILES string of the molecule is C[C@H](Nc1ccc2ccccc2c1)C(=O)N/N=C/c1ccc(O)cc1. The molecule has 3 aromatic carbocycles. The van der Waals surface area contributed by atoms with Crippen LogP contribution >= 0.6 is 0 Å². The van der Waals surface area contributed by atoms with Crippen LogP contribution in [0.15, 0.2) is 71.8 Å². The first-order chi connectivity index (χ1) is 12.1. The predicted octanol–water partition coefficient (Wildman–Crippen LogP) is 3.50. The molecule has 126 valence electrons. The zero-order valence-electron chi connectivity index (χ0n) is 13.8. The van der Waals surface area contributed by atoms with Gasteiger partial charge in [0.1, 0.15) is 11.8 Å². The van der Waals surface area contributed by atoms with E-state index in [4.69, 9.17) is 0 Å². The Bertz CT molecular complexity index is 904. The monoisotopic (exact) mass is 333 g/mol. The molecule has 3 rings (SSSR count). The number of anilines is 1. The Morgan fingerprint density at radius 3 is 2.52 bits per heavy atom. The molecule has 5 nitrogen and oxygen atoms in total. The van der Waals surface area contributed by atoms with Crippen LogP contribution in [0, 0.1) is 0 Å². The minimum absolute atomic E-state index is 0.189. The van der Waals surface area contributed by atoms with Gasteiger partial charge in [-0.05, 0) is 59.7 Å². The molecule has 0 saturated carbocycles. The van der Waals surface area contributed by atoms with Crippen LogP contribution in [-0.4, -0.2) is 23.3 Å². The van der Waals surface area contributed by atoms with Gasteiger partial charge in [0.2, 0.25) is 0 Å². The van der Waals surface area contributed by atoms with E-state index in [1.54, 1.807) is 31.2 Å². The van der Waals surface area contributed by atoms with Crippen LogP contribution in [0.5, 0.6) is 5.75 Å². The van der Waals surface area contributed by atoms with Gasteiger partial charge in [0.25, 0.3) is 5.91 Å². The molecular weight excluding hydrogens is 314 g/mol. The molecule has 0 radical (unpaired) electrons. The molecular formula is C20H19N3O2. The van der Waals surface area contributed by atoms with E-state index < -0.39 is 6.04 Å². The smallest absolute Gasteiger partial charge is 0.262 e. The average molecular weight is 333 g/mol. The van der Waals surface area contributed by atoms with E-state index in [1.165, 1.54) is 6.21 Å².